The average molecular weight is 445 g/mol. The van der Waals surface area contributed by atoms with E-state index in [1.54, 1.807) is 14.2 Å². The van der Waals surface area contributed by atoms with Crippen LogP contribution in [0.2, 0.25) is 5.02 Å². The summed E-state index contributed by atoms with van der Waals surface area (Å²) in [5.41, 5.74) is 2.18. The fourth-order valence-electron chi connectivity index (χ4n) is 4.48. The molecule has 31 heavy (non-hydrogen) atoms. The lowest BCUT2D eigenvalue weighted by Gasteiger charge is -2.34. The fraction of sp³-hybridized carbons (Fsp3) is 0.458. The van der Waals surface area contributed by atoms with Gasteiger partial charge in [-0.3, -0.25) is 9.69 Å². The first-order chi connectivity index (χ1) is 15.1. The van der Waals surface area contributed by atoms with Gasteiger partial charge in [0.2, 0.25) is 5.91 Å². The van der Waals surface area contributed by atoms with Crippen LogP contribution in [0.25, 0.3) is 0 Å². The van der Waals surface area contributed by atoms with E-state index in [-0.39, 0.29) is 18.1 Å². The molecule has 2 unspecified atom stereocenters. The second kappa shape index (κ2) is 9.90. The van der Waals surface area contributed by atoms with Crippen molar-refractivity contribution < 1.29 is 19.0 Å². The standard InChI is InChI=1S/C24H29ClN2O4/c1-29-21-10-7-18(14-22(21)30-2)20-4-3-11-27(20)24(28)16-26-12-13-31-23(15-26)17-5-8-19(25)9-6-17/h5-10,14,20,23H,3-4,11-13,15-16H2,1-2H3. The molecule has 7 heteroatoms. The molecule has 2 aliphatic heterocycles. The number of benzene rings is 2. The van der Waals surface area contributed by atoms with Gasteiger partial charge in [0.25, 0.3) is 0 Å². The van der Waals surface area contributed by atoms with E-state index in [0.717, 1.165) is 37.1 Å². The van der Waals surface area contributed by atoms with Crippen molar-refractivity contribution in [3.63, 3.8) is 0 Å². The third kappa shape index (κ3) is 4.97. The summed E-state index contributed by atoms with van der Waals surface area (Å²) >= 11 is 6.00. The van der Waals surface area contributed by atoms with Gasteiger partial charge >= 0.3 is 0 Å². The SMILES string of the molecule is COc1ccc(C2CCCN2C(=O)CN2CCOC(c3ccc(Cl)cc3)C2)cc1OC. The third-order valence-corrected chi connectivity index (χ3v) is 6.37. The van der Waals surface area contributed by atoms with Gasteiger partial charge in [0.1, 0.15) is 0 Å². The summed E-state index contributed by atoms with van der Waals surface area (Å²) in [6.07, 6.45) is 1.91. The monoisotopic (exact) mass is 444 g/mol. The van der Waals surface area contributed by atoms with Crippen LogP contribution in [0.4, 0.5) is 0 Å². The van der Waals surface area contributed by atoms with Crippen LogP contribution in [0.1, 0.15) is 36.1 Å². The summed E-state index contributed by atoms with van der Waals surface area (Å²) in [6, 6.07) is 13.7. The van der Waals surface area contributed by atoms with Gasteiger partial charge < -0.3 is 19.1 Å². The van der Waals surface area contributed by atoms with Crippen molar-refractivity contribution in [2.75, 3.05) is 47.0 Å². The molecule has 2 aromatic rings. The minimum Gasteiger partial charge on any atom is -0.493 e. The van der Waals surface area contributed by atoms with E-state index in [1.165, 1.54) is 0 Å². The number of carbonyl (C=O) groups is 1. The summed E-state index contributed by atoms with van der Waals surface area (Å²) in [6.45, 7) is 3.24. The Balaban J connectivity index is 1.42. The first-order valence-electron chi connectivity index (χ1n) is 10.7. The zero-order valence-electron chi connectivity index (χ0n) is 18.1. The molecule has 2 saturated heterocycles. The Kier molecular flexibility index (Phi) is 7.00. The van der Waals surface area contributed by atoms with E-state index < -0.39 is 0 Å². The van der Waals surface area contributed by atoms with Crippen LogP contribution < -0.4 is 9.47 Å². The van der Waals surface area contributed by atoms with Gasteiger partial charge in [0.05, 0.1) is 39.5 Å². The van der Waals surface area contributed by atoms with Crippen LogP contribution in [-0.4, -0.2) is 62.7 Å². The van der Waals surface area contributed by atoms with E-state index in [9.17, 15) is 4.79 Å². The van der Waals surface area contributed by atoms with Crippen molar-refractivity contribution >= 4 is 17.5 Å². The van der Waals surface area contributed by atoms with Gasteiger partial charge in [-0.1, -0.05) is 29.8 Å². The molecule has 0 radical (unpaired) electrons. The molecule has 0 aromatic heterocycles. The molecule has 2 aliphatic rings. The van der Waals surface area contributed by atoms with Gasteiger partial charge in [0, 0.05) is 24.7 Å². The molecule has 166 valence electrons. The lowest BCUT2D eigenvalue weighted by atomic mass is 10.0. The topological polar surface area (TPSA) is 51.2 Å². The Bertz CT molecular complexity index is 905. The number of carbonyl (C=O) groups excluding carboxylic acids is 1. The quantitative estimate of drug-likeness (QED) is 0.671. The van der Waals surface area contributed by atoms with Crippen LogP contribution in [0.15, 0.2) is 42.5 Å². The van der Waals surface area contributed by atoms with Gasteiger partial charge in [-0.2, -0.15) is 0 Å². The molecule has 0 saturated carbocycles. The Morgan fingerprint density at radius 1 is 1.06 bits per heavy atom. The second-order valence-corrected chi connectivity index (χ2v) is 8.44. The molecule has 0 N–H and O–H groups in total. The molecular formula is C24H29ClN2O4. The lowest BCUT2D eigenvalue weighted by Crippen LogP contribution is -2.45. The Hall–Kier alpha value is -2.28. The number of halogens is 1. The van der Waals surface area contributed by atoms with Crippen molar-refractivity contribution in [3.8, 4) is 11.5 Å². The van der Waals surface area contributed by atoms with Crippen LogP contribution in [0, 0.1) is 0 Å². The van der Waals surface area contributed by atoms with Crippen molar-refractivity contribution in [1.29, 1.82) is 0 Å². The maximum absolute atomic E-state index is 13.2. The van der Waals surface area contributed by atoms with Crippen LogP contribution >= 0.6 is 11.6 Å². The van der Waals surface area contributed by atoms with Crippen LogP contribution in [0.3, 0.4) is 0 Å². The summed E-state index contributed by atoms with van der Waals surface area (Å²) in [4.78, 5) is 17.4. The van der Waals surface area contributed by atoms with Gasteiger partial charge in [-0.15, -0.1) is 0 Å². The number of likely N-dealkylation sites (tertiary alicyclic amines) is 1. The highest BCUT2D eigenvalue weighted by atomic mass is 35.5. The molecule has 0 spiro atoms. The average Bonchev–Trinajstić information content (AvgIpc) is 3.29. The molecule has 2 atom stereocenters. The number of ether oxygens (including phenoxy) is 3. The number of hydrogen-bond donors (Lipinski definition) is 0. The lowest BCUT2D eigenvalue weighted by molar-refractivity contribution is -0.135. The zero-order valence-corrected chi connectivity index (χ0v) is 18.8. The normalized spacial score (nSPS) is 21.8. The van der Waals surface area contributed by atoms with E-state index in [0.29, 0.717) is 36.2 Å². The maximum Gasteiger partial charge on any atom is 0.237 e. The second-order valence-electron chi connectivity index (χ2n) is 8.01. The number of hydrogen-bond acceptors (Lipinski definition) is 5. The van der Waals surface area contributed by atoms with Crippen molar-refractivity contribution in [1.82, 2.24) is 9.80 Å². The highest BCUT2D eigenvalue weighted by molar-refractivity contribution is 6.30. The van der Waals surface area contributed by atoms with E-state index in [2.05, 4.69) is 4.90 Å². The first kappa shape index (κ1) is 21.9. The molecule has 0 bridgehead atoms. The highest BCUT2D eigenvalue weighted by Gasteiger charge is 2.32. The highest BCUT2D eigenvalue weighted by Crippen LogP contribution is 2.37. The number of nitrogens with zero attached hydrogens (tertiary/aromatic N) is 2. The number of amides is 1. The summed E-state index contributed by atoms with van der Waals surface area (Å²) < 4.78 is 16.7. The number of methoxy groups -OCH3 is 2. The Morgan fingerprint density at radius 2 is 1.81 bits per heavy atom. The van der Waals surface area contributed by atoms with E-state index >= 15 is 0 Å². The number of rotatable bonds is 6. The molecular weight excluding hydrogens is 416 g/mol. The van der Waals surface area contributed by atoms with Crippen molar-refractivity contribution in [2.45, 2.75) is 25.0 Å². The predicted molar refractivity (Wildman–Crippen MR) is 120 cm³/mol. The molecule has 2 fully saturated rings. The molecule has 2 heterocycles. The Morgan fingerprint density at radius 3 is 2.55 bits per heavy atom. The molecule has 1 amide bonds. The Labute approximate surface area is 188 Å². The van der Waals surface area contributed by atoms with Gasteiger partial charge in [-0.25, -0.2) is 0 Å². The summed E-state index contributed by atoms with van der Waals surface area (Å²) in [5, 5.41) is 0.710. The van der Waals surface area contributed by atoms with Crippen molar-refractivity contribution in [2.24, 2.45) is 0 Å². The molecule has 2 aromatic carbocycles. The van der Waals surface area contributed by atoms with Crippen molar-refractivity contribution in [3.05, 3.63) is 58.6 Å². The van der Waals surface area contributed by atoms with Crippen LogP contribution in [0.5, 0.6) is 11.5 Å². The summed E-state index contributed by atoms with van der Waals surface area (Å²) in [7, 11) is 3.26. The molecule has 4 rings (SSSR count). The van der Waals surface area contributed by atoms with Gasteiger partial charge in [-0.05, 0) is 48.2 Å². The number of morpholine rings is 1. The van der Waals surface area contributed by atoms with Crippen LogP contribution in [-0.2, 0) is 9.53 Å². The van der Waals surface area contributed by atoms with Gasteiger partial charge in [0.15, 0.2) is 11.5 Å². The molecule has 6 nitrogen and oxygen atoms in total. The zero-order chi connectivity index (χ0) is 21.8. The maximum atomic E-state index is 13.2. The summed E-state index contributed by atoms with van der Waals surface area (Å²) in [5.74, 6) is 1.55. The minimum absolute atomic E-state index is 0.0426. The predicted octanol–water partition coefficient (Wildman–Crippen LogP) is 4.09. The largest absolute Gasteiger partial charge is 0.493 e. The van der Waals surface area contributed by atoms with E-state index in [4.69, 9.17) is 25.8 Å². The molecule has 0 aliphatic carbocycles. The first-order valence-corrected chi connectivity index (χ1v) is 11.1. The third-order valence-electron chi connectivity index (χ3n) is 6.12. The fourth-order valence-corrected chi connectivity index (χ4v) is 4.61. The van der Waals surface area contributed by atoms with E-state index in [1.807, 2.05) is 47.4 Å². The smallest absolute Gasteiger partial charge is 0.237 e. The minimum atomic E-state index is -0.0426.